The molecular formula is C13H15ClFNO2. The lowest BCUT2D eigenvalue weighted by Crippen LogP contribution is -2.47. The highest BCUT2D eigenvalue weighted by Gasteiger charge is 2.43. The first-order chi connectivity index (χ1) is 8.41. The van der Waals surface area contributed by atoms with Gasteiger partial charge in [-0.15, -0.1) is 0 Å². The summed E-state index contributed by atoms with van der Waals surface area (Å²) < 4.78 is 13.2. The molecule has 0 radical (unpaired) electrons. The largest absolute Gasteiger partial charge is 0.480 e. The lowest BCUT2D eigenvalue weighted by atomic mass is 9.99. The van der Waals surface area contributed by atoms with Gasteiger partial charge in [0.05, 0.1) is 0 Å². The molecule has 0 spiro atoms. The minimum atomic E-state index is -0.862. The highest BCUT2D eigenvalue weighted by atomic mass is 35.5. The maximum atomic E-state index is 13.2. The summed E-state index contributed by atoms with van der Waals surface area (Å²) in [6, 6.07) is 4.31. The molecule has 18 heavy (non-hydrogen) atoms. The fourth-order valence-electron chi connectivity index (χ4n) is 2.44. The second-order valence-corrected chi connectivity index (χ2v) is 5.32. The van der Waals surface area contributed by atoms with E-state index in [9.17, 15) is 14.3 Å². The van der Waals surface area contributed by atoms with E-state index in [4.69, 9.17) is 11.6 Å². The van der Waals surface area contributed by atoms with E-state index in [1.54, 1.807) is 13.0 Å². The van der Waals surface area contributed by atoms with Crippen molar-refractivity contribution in [3.05, 3.63) is 34.6 Å². The summed E-state index contributed by atoms with van der Waals surface area (Å²) >= 11 is 5.79. The molecule has 1 atom stereocenters. The van der Waals surface area contributed by atoms with Gasteiger partial charge in [-0.3, -0.25) is 9.69 Å². The van der Waals surface area contributed by atoms with Crippen molar-refractivity contribution < 1.29 is 14.3 Å². The molecule has 0 amide bonds. The summed E-state index contributed by atoms with van der Waals surface area (Å²) in [7, 11) is 0. The average molecular weight is 272 g/mol. The summed E-state index contributed by atoms with van der Waals surface area (Å²) in [5.41, 5.74) is -0.159. The van der Waals surface area contributed by atoms with Crippen LogP contribution in [0.25, 0.3) is 0 Å². The highest BCUT2D eigenvalue weighted by Crippen LogP contribution is 2.31. The number of carbonyl (C=O) groups is 1. The number of hydrogen-bond acceptors (Lipinski definition) is 2. The van der Waals surface area contributed by atoms with E-state index < -0.39 is 17.3 Å². The zero-order valence-electron chi connectivity index (χ0n) is 10.1. The Bertz CT molecular complexity index is 460. The third kappa shape index (κ3) is 2.49. The minimum Gasteiger partial charge on any atom is -0.480 e. The number of aliphatic carboxylic acids is 1. The Morgan fingerprint density at radius 2 is 2.28 bits per heavy atom. The van der Waals surface area contributed by atoms with Crippen LogP contribution in [0, 0.1) is 5.82 Å². The first-order valence-corrected chi connectivity index (χ1v) is 6.23. The van der Waals surface area contributed by atoms with Crippen LogP contribution in [-0.2, 0) is 11.3 Å². The van der Waals surface area contributed by atoms with Crippen molar-refractivity contribution in [2.24, 2.45) is 0 Å². The number of carboxylic acid groups (broad SMARTS) is 1. The molecule has 1 heterocycles. The minimum absolute atomic E-state index is 0.334. The second-order valence-electron chi connectivity index (χ2n) is 4.88. The first-order valence-electron chi connectivity index (χ1n) is 5.85. The maximum absolute atomic E-state index is 13.2. The van der Waals surface area contributed by atoms with Crippen LogP contribution >= 0.6 is 11.6 Å². The van der Waals surface area contributed by atoms with E-state index in [-0.39, 0.29) is 0 Å². The third-order valence-electron chi connectivity index (χ3n) is 3.55. The van der Waals surface area contributed by atoms with Crippen LogP contribution in [-0.4, -0.2) is 28.1 Å². The molecule has 0 bridgehead atoms. The van der Waals surface area contributed by atoms with Gasteiger partial charge in [0.15, 0.2) is 0 Å². The van der Waals surface area contributed by atoms with Gasteiger partial charge in [0.1, 0.15) is 11.4 Å². The fourth-order valence-corrected chi connectivity index (χ4v) is 2.68. The van der Waals surface area contributed by atoms with Crippen LogP contribution in [0.1, 0.15) is 25.3 Å². The van der Waals surface area contributed by atoms with Crippen molar-refractivity contribution in [3.63, 3.8) is 0 Å². The number of nitrogens with zero attached hydrogens (tertiary/aromatic N) is 1. The molecule has 1 aromatic rings. The molecule has 1 unspecified atom stereocenters. The van der Waals surface area contributed by atoms with Gasteiger partial charge in [0.25, 0.3) is 0 Å². The van der Waals surface area contributed by atoms with Crippen LogP contribution in [0.15, 0.2) is 18.2 Å². The van der Waals surface area contributed by atoms with Crippen molar-refractivity contribution in [2.45, 2.75) is 31.8 Å². The van der Waals surface area contributed by atoms with Crippen LogP contribution < -0.4 is 0 Å². The van der Waals surface area contributed by atoms with E-state index in [1.165, 1.54) is 12.1 Å². The Balaban J connectivity index is 2.20. The molecule has 3 nitrogen and oxygen atoms in total. The normalized spacial score (nSPS) is 24.4. The van der Waals surface area contributed by atoms with Gasteiger partial charge in [0.2, 0.25) is 0 Å². The molecule has 0 saturated carbocycles. The standard InChI is InChI=1S/C13H15ClFNO2/c1-13(12(17)18)3-2-4-16(13)8-9-5-10(14)7-11(15)6-9/h5-7H,2-4,8H2,1H3,(H,17,18). The monoisotopic (exact) mass is 271 g/mol. The number of hydrogen-bond donors (Lipinski definition) is 1. The number of rotatable bonds is 3. The van der Waals surface area contributed by atoms with E-state index in [0.29, 0.717) is 30.1 Å². The first kappa shape index (κ1) is 13.3. The summed E-state index contributed by atoms with van der Waals surface area (Å²) in [5.74, 6) is -1.23. The molecule has 2 rings (SSSR count). The van der Waals surface area contributed by atoms with Gasteiger partial charge in [0, 0.05) is 11.6 Å². The molecule has 5 heteroatoms. The predicted molar refractivity (Wildman–Crippen MR) is 67.1 cm³/mol. The quantitative estimate of drug-likeness (QED) is 0.919. The van der Waals surface area contributed by atoms with Gasteiger partial charge >= 0.3 is 5.97 Å². The summed E-state index contributed by atoms with van der Waals surface area (Å²) in [5, 5.41) is 9.62. The second kappa shape index (κ2) is 4.86. The SMILES string of the molecule is CC1(C(=O)O)CCCN1Cc1cc(F)cc(Cl)c1. The Labute approximate surface area is 110 Å². The number of halogens is 2. The molecule has 1 N–H and O–H groups in total. The van der Waals surface area contributed by atoms with Crippen LogP contribution in [0.4, 0.5) is 4.39 Å². The number of carboxylic acids is 1. The van der Waals surface area contributed by atoms with E-state index in [0.717, 1.165) is 6.42 Å². The Morgan fingerprint density at radius 1 is 1.56 bits per heavy atom. The van der Waals surface area contributed by atoms with Crippen LogP contribution in [0.5, 0.6) is 0 Å². The molecular weight excluding hydrogens is 257 g/mol. The molecule has 1 aliphatic heterocycles. The van der Waals surface area contributed by atoms with Crippen molar-refractivity contribution >= 4 is 17.6 Å². The van der Waals surface area contributed by atoms with E-state index >= 15 is 0 Å². The van der Waals surface area contributed by atoms with Crippen molar-refractivity contribution in [1.29, 1.82) is 0 Å². The lowest BCUT2D eigenvalue weighted by Gasteiger charge is -2.31. The maximum Gasteiger partial charge on any atom is 0.323 e. The topological polar surface area (TPSA) is 40.5 Å². The van der Waals surface area contributed by atoms with Gasteiger partial charge < -0.3 is 5.11 Å². The van der Waals surface area contributed by atoms with E-state index in [1.807, 2.05) is 4.90 Å². The van der Waals surface area contributed by atoms with E-state index in [2.05, 4.69) is 0 Å². The Hall–Kier alpha value is -1.13. The zero-order valence-corrected chi connectivity index (χ0v) is 10.9. The zero-order chi connectivity index (χ0) is 13.3. The van der Waals surface area contributed by atoms with Crippen LogP contribution in [0.3, 0.4) is 0 Å². The molecule has 1 aromatic carbocycles. The van der Waals surface area contributed by atoms with Gasteiger partial charge in [-0.25, -0.2) is 4.39 Å². The van der Waals surface area contributed by atoms with Gasteiger partial charge in [-0.2, -0.15) is 0 Å². The molecule has 1 saturated heterocycles. The number of benzene rings is 1. The molecule has 98 valence electrons. The summed E-state index contributed by atoms with van der Waals surface area (Å²) in [6.45, 7) is 2.82. The predicted octanol–water partition coefficient (Wildman–Crippen LogP) is 2.92. The van der Waals surface area contributed by atoms with Crippen molar-refractivity contribution in [2.75, 3.05) is 6.54 Å². The molecule has 0 aliphatic carbocycles. The van der Waals surface area contributed by atoms with Crippen molar-refractivity contribution in [1.82, 2.24) is 4.90 Å². The smallest absolute Gasteiger partial charge is 0.323 e. The fraction of sp³-hybridized carbons (Fsp3) is 0.462. The van der Waals surface area contributed by atoms with Gasteiger partial charge in [-0.05, 0) is 50.1 Å². The molecule has 0 aromatic heterocycles. The van der Waals surface area contributed by atoms with Crippen molar-refractivity contribution in [3.8, 4) is 0 Å². The van der Waals surface area contributed by atoms with Gasteiger partial charge in [-0.1, -0.05) is 11.6 Å². The highest BCUT2D eigenvalue weighted by molar-refractivity contribution is 6.30. The molecule has 1 fully saturated rings. The summed E-state index contributed by atoms with van der Waals surface area (Å²) in [6.07, 6.45) is 1.46. The Kier molecular flexibility index (Phi) is 3.59. The number of likely N-dealkylation sites (tertiary alicyclic amines) is 1. The van der Waals surface area contributed by atoms with Crippen LogP contribution in [0.2, 0.25) is 5.02 Å². The average Bonchev–Trinajstić information content (AvgIpc) is 2.60. The molecule has 1 aliphatic rings. The third-order valence-corrected chi connectivity index (χ3v) is 3.76. The lowest BCUT2D eigenvalue weighted by molar-refractivity contribution is -0.148. The summed E-state index contributed by atoms with van der Waals surface area (Å²) in [4.78, 5) is 13.2. The Morgan fingerprint density at radius 3 is 2.89 bits per heavy atom.